The standard InChI is InChI=1S/C30H31F4N3O2S/c1-30(33,34)25-12-20(32)4-7-22(25)29-27(23-8-9-26(36)24(14-35)28(23)40-29)39-21-5-2-18(3-6-21)17-38-11-10-37-15-19(13-31)16-37/h2,4-5,7-9,12,14,19,35H,3,6,10-11,13,15-17,36H2,1H3. The van der Waals surface area contributed by atoms with E-state index in [0.29, 0.717) is 63.8 Å². The van der Waals surface area contributed by atoms with Crippen molar-refractivity contribution in [2.24, 2.45) is 5.92 Å². The second kappa shape index (κ2) is 11.7. The molecule has 3 aromatic rings. The van der Waals surface area contributed by atoms with E-state index in [1.165, 1.54) is 17.4 Å². The van der Waals surface area contributed by atoms with Crippen LogP contribution in [0.15, 0.2) is 53.8 Å². The largest absolute Gasteiger partial charge is 0.460 e. The molecule has 5 rings (SSSR count). The number of halogens is 4. The number of nitrogens with two attached hydrogens (primary N) is 1. The lowest BCUT2D eigenvalue weighted by atomic mass is 9.99. The molecule has 0 saturated carbocycles. The van der Waals surface area contributed by atoms with Crippen LogP contribution in [0.1, 0.15) is 30.9 Å². The van der Waals surface area contributed by atoms with Gasteiger partial charge in [-0.15, -0.1) is 11.3 Å². The number of nitrogens with zero attached hydrogens (tertiary/aromatic N) is 1. The van der Waals surface area contributed by atoms with Gasteiger partial charge in [0.25, 0.3) is 5.92 Å². The summed E-state index contributed by atoms with van der Waals surface area (Å²) in [5.41, 5.74) is 7.80. The minimum atomic E-state index is -3.29. The van der Waals surface area contributed by atoms with Crippen molar-refractivity contribution in [3.8, 4) is 16.2 Å². The summed E-state index contributed by atoms with van der Waals surface area (Å²) in [5, 5.41) is 8.50. The number of anilines is 1. The number of ether oxygens (including phenoxy) is 2. The van der Waals surface area contributed by atoms with Crippen LogP contribution in [0.2, 0.25) is 0 Å². The van der Waals surface area contributed by atoms with Crippen molar-refractivity contribution in [3.63, 3.8) is 0 Å². The Hall–Kier alpha value is -3.21. The third kappa shape index (κ3) is 5.94. The predicted octanol–water partition coefficient (Wildman–Crippen LogP) is 7.30. The monoisotopic (exact) mass is 573 g/mol. The van der Waals surface area contributed by atoms with Crippen LogP contribution in [-0.4, -0.2) is 50.6 Å². The molecule has 1 aliphatic heterocycles. The van der Waals surface area contributed by atoms with Gasteiger partial charge in [0, 0.05) is 77.6 Å². The first-order chi connectivity index (χ1) is 19.2. The van der Waals surface area contributed by atoms with Gasteiger partial charge < -0.3 is 25.5 Å². The van der Waals surface area contributed by atoms with E-state index in [4.69, 9.17) is 20.6 Å². The van der Waals surface area contributed by atoms with E-state index in [2.05, 4.69) is 4.90 Å². The molecule has 40 heavy (non-hydrogen) atoms. The Morgan fingerprint density at radius 3 is 2.65 bits per heavy atom. The molecule has 10 heteroatoms. The molecule has 0 atom stereocenters. The first-order valence-corrected chi connectivity index (χ1v) is 14.0. The van der Waals surface area contributed by atoms with Crippen molar-refractivity contribution in [2.45, 2.75) is 25.7 Å². The summed E-state index contributed by atoms with van der Waals surface area (Å²) in [5.74, 6) is -2.85. The Balaban J connectivity index is 1.40. The van der Waals surface area contributed by atoms with Crippen molar-refractivity contribution in [1.82, 2.24) is 4.90 Å². The lowest BCUT2D eigenvalue weighted by molar-refractivity contribution is 0.0178. The third-order valence-corrected chi connectivity index (χ3v) is 8.50. The zero-order chi connectivity index (χ0) is 28.4. The third-order valence-electron chi connectivity index (χ3n) is 7.25. The van der Waals surface area contributed by atoms with Gasteiger partial charge in [0.15, 0.2) is 5.75 Å². The second-order valence-electron chi connectivity index (χ2n) is 10.3. The Bertz CT molecular complexity index is 1470. The van der Waals surface area contributed by atoms with Crippen LogP contribution in [0.3, 0.4) is 0 Å². The van der Waals surface area contributed by atoms with E-state index in [0.717, 1.165) is 50.5 Å². The number of alkyl halides is 3. The molecule has 1 aromatic heterocycles. The van der Waals surface area contributed by atoms with Crippen molar-refractivity contribution in [3.05, 3.63) is 70.8 Å². The molecule has 5 nitrogen and oxygen atoms in total. The summed E-state index contributed by atoms with van der Waals surface area (Å²) in [7, 11) is 0. The summed E-state index contributed by atoms with van der Waals surface area (Å²) < 4.78 is 68.6. The summed E-state index contributed by atoms with van der Waals surface area (Å²) >= 11 is 1.19. The van der Waals surface area contributed by atoms with Crippen LogP contribution in [0.4, 0.5) is 23.2 Å². The zero-order valence-corrected chi connectivity index (χ0v) is 22.9. The summed E-state index contributed by atoms with van der Waals surface area (Å²) in [6.45, 7) is 3.90. The smallest absolute Gasteiger partial charge is 0.271 e. The molecule has 1 aliphatic carbocycles. The van der Waals surface area contributed by atoms with Crippen molar-refractivity contribution in [1.29, 1.82) is 5.41 Å². The highest BCUT2D eigenvalue weighted by molar-refractivity contribution is 7.23. The van der Waals surface area contributed by atoms with E-state index >= 15 is 0 Å². The minimum Gasteiger partial charge on any atom is -0.460 e. The predicted molar refractivity (Wildman–Crippen MR) is 152 cm³/mol. The minimum absolute atomic E-state index is 0.160. The average Bonchev–Trinajstić information content (AvgIpc) is 3.25. The van der Waals surface area contributed by atoms with Gasteiger partial charge in [-0.05, 0) is 42.3 Å². The van der Waals surface area contributed by atoms with Gasteiger partial charge >= 0.3 is 0 Å². The van der Waals surface area contributed by atoms with Gasteiger partial charge in [0.2, 0.25) is 0 Å². The molecule has 0 spiro atoms. The highest BCUT2D eigenvalue weighted by Gasteiger charge is 2.32. The van der Waals surface area contributed by atoms with Crippen LogP contribution >= 0.6 is 11.3 Å². The van der Waals surface area contributed by atoms with Crippen LogP contribution < -0.4 is 10.5 Å². The lowest BCUT2D eigenvalue weighted by Gasteiger charge is -2.37. The maximum Gasteiger partial charge on any atom is 0.271 e. The number of rotatable bonds is 11. The van der Waals surface area contributed by atoms with E-state index in [1.807, 2.05) is 12.2 Å². The zero-order valence-electron chi connectivity index (χ0n) is 22.1. The lowest BCUT2D eigenvalue weighted by Crippen LogP contribution is -2.48. The summed E-state index contributed by atoms with van der Waals surface area (Å²) in [4.78, 5) is 2.59. The van der Waals surface area contributed by atoms with Gasteiger partial charge in [-0.3, -0.25) is 4.39 Å². The highest BCUT2D eigenvalue weighted by atomic mass is 32.1. The van der Waals surface area contributed by atoms with Crippen LogP contribution in [-0.2, 0) is 10.7 Å². The SMILES string of the molecule is CC(F)(F)c1cc(F)ccc1-c1sc2c(C=N)c(N)ccc2c1OC1=CC=C(COCCN2CC(CF)C2)CC1. The van der Waals surface area contributed by atoms with Gasteiger partial charge in [0.05, 0.1) is 24.8 Å². The Kier molecular flexibility index (Phi) is 8.30. The van der Waals surface area contributed by atoms with Crippen LogP contribution in [0.5, 0.6) is 5.75 Å². The topological polar surface area (TPSA) is 71.6 Å². The van der Waals surface area contributed by atoms with Gasteiger partial charge in [-0.25, -0.2) is 13.2 Å². The number of hydrogen-bond acceptors (Lipinski definition) is 6. The quantitative estimate of drug-likeness (QED) is 0.109. The number of likely N-dealkylation sites (tertiary alicyclic amines) is 1. The Morgan fingerprint density at radius 2 is 1.98 bits per heavy atom. The number of nitrogens with one attached hydrogen (secondary N) is 1. The first kappa shape index (κ1) is 28.3. The molecule has 2 aliphatic rings. The Labute approximate surface area is 234 Å². The fourth-order valence-corrected chi connectivity index (χ4v) is 6.32. The first-order valence-electron chi connectivity index (χ1n) is 13.1. The van der Waals surface area contributed by atoms with Crippen LogP contribution in [0, 0.1) is 17.1 Å². The fourth-order valence-electron chi connectivity index (χ4n) is 5.03. The normalized spacial score (nSPS) is 16.5. The summed E-state index contributed by atoms with van der Waals surface area (Å²) in [6.07, 6.45) is 6.23. The molecule has 1 fully saturated rings. The molecule has 0 unspecified atom stereocenters. The van der Waals surface area contributed by atoms with Crippen molar-refractivity contribution >= 4 is 33.3 Å². The second-order valence-corrected chi connectivity index (χ2v) is 11.3. The van der Waals surface area contributed by atoms with Gasteiger partial charge in [0.1, 0.15) is 11.6 Å². The number of allylic oxidation sites excluding steroid dienone is 3. The fraction of sp³-hybridized carbons (Fsp3) is 0.367. The molecular weight excluding hydrogens is 542 g/mol. The molecule has 0 radical (unpaired) electrons. The van der Waals surface area contributed by atoms with E-state index in [1.54, 1.807) is 12.1 Å². The molecule has 0 bridgehead atoms. The molecule has 2 aromatic carbocycles. The number of fused-ring (bicyclic) bond motifs is 1. The summed E-state index contributed by atoms with van der Waals surface area (Å²) in [6, 6.07) is 6.77. The van der Waals surface area contributed by atoms with Crippen molar-refractivity contribution < 1.29 is 27.0 Å². The maximum absolute atomic E-state index is 14.6. The van der Waals surface area contributed by atoms with Crippen LogP contribution in [0.25, 0.3) is 20.5 Å². The van der Waals surface area contributed by atoms with E-state index < -0.39 is 17.3 Å². The molecule has 1 saturated heterocycles. The van der Waals surface area contributed by atoms with E-state index in [9.17, 15) is 17.6 Å². The maximum atomic E-state index is 14.6. The highest BCUT2D eigenvalue weighted by Crippen LogP contribution is 2.50. The molecule has 0 amide bonds. The number of hydrogen-bond donors (Lipinski definition) is 2. The molecule has 212 valence electrons. The number of nitrogen functional groups attached to an aromatic ring is 1. The average molecular weight is 574 g/mol. The Morgan fingerprint density at radius 1 is 1.18 bits per heavy atom. The molecule has 2 heterocycles. The molecular formula is C30H31F4N3O2S. The number of thiophene rings is 1. The molecule has 3 N–H and O–H groups in total. The number of benzene rings is 2. The van der Waals surface area contributed by atoms with E-state index in [-0.39, 0.29) is 18.2 Å². The van der Waals surface area contributed by atoms with Gasteiger partial charge in [-0.2, -0.15) is 0 Å². The van der Waals surface area contributed by atoms with Crippen molar-refractivity contribution in [2.75, 3.05) is 45.3 Å². The van der Waals surface area contributed by atoms with Gasteiger partial charge in [-0.1, -0.05) is 12.1 Å².